The number of rotatable bonds is 4. The van der Waals surface area contributed by atoms with Gasteiger partial charge >= 0.3 is 6.03 Å². The average molecular weight is 320 g/mol. The van der Waals surface area contributed by atoms with E-state index >= 15 is 0 Å². The van der Waals surface area contributed by atoms with Gasteiger partial charge in [-0.1, -0.05) is 24.5 Å². The number of likely N-dealkylation sites (tertiary alicyclic amines) is 1. The van der Waals surface area contributed by atoms with Crippen LogP contribution in [0.2, 0.25) is 0 Å². The number of urea groups is 1. The van der Waals surface area contributed by atoms with Gasteiger partial charge < -0.3 is 15.5 Å². The second-order valence-corrected chi connectivity index (χ2v) is 6.29. The first kappa shape index (κ1) is 15.8. The van der Waals surface area contributed by atoms with Gasteiger partial charge in [0.1, 0.15) is 0 Å². The number of hydrogen-bond donors (Lipinski definition) is 2. The minimum atomic E-state index is -0.150. The van der Waals surface area contributed by atoms with Crippen molar-refractivity contribution in [2.24, 2.45) is 0 Å². The van der Waals surface area contributed by atoms with Crippen LogP contribution < -0.4 is 10.6 Å². The molecule has 0 aromatic carbocycles. The van der Waals surface area contributed by atoms with Gasteiger partial charge in [-0.15, -0.1) is 5.10 Å². The van der Waals surface area contributed by atoms with Gasteiger partial charge in [0.25, 0.3) is 5.91 Å². The third kappa shape index (κ3) is 3.62. The van der Waals surface area contributed by atoms with Crippen LogP contribution in [0.5, 0.6) is 0 Å². The molecule has 0 bridgehead atoms. The quantitative estimate of drug-likeness (QED) is 0.863. The maximum atomic E-state index is 12.2. The second kappa shape index (κ2) is 6.97. The maximum absolute atomic E-state index is 12.2. The number of amides is 3. The Bertz CT molecular complexity index is 560. The van der Waals surface area contributed by atoms with E-state index in [-0.39, 0.29) is 24.0 Å². The van der Waals surface area contributed by atoms with Crippen LogP contribution in [-0.2, 0) is 0 Å². The molecule has 2 N–H and O–H groups in total. The lowest BCUT2D eigenvalue weighted by Crippen LogP contribution is -2.54. The standard InChI is InChI=1S/C15H24N6O2/c1-2-16-15(23)20-8-12(9-20)21-10-13(18-19-21)14(22)17-11-6-4-3-5-7-11/h10-12H,2-9H2,1H3,(H,16,23)(H,17,22). The van der Waals surface area contributed by atoms with Crippen LogP contribution in [0.1, 0.15) is 55.6 Å². The van der Waals surface area contributed by atoms with E-state index in [1.807, 2.05) is 6.92 Å². The van der Waals surface area contributed by atoms with Crippen molar-refractivity contribution in [2.75, 3.05) is 19.6 Å². The van der Waals surface area contributed by atoms with E-state index in [2.05, 4.69) is 20.9 Å². The summed E-state index contributed by atoms with van der Waals surface area (Å²) in [5.41, 5.74) is 0.354. The fraction of sp³-hybridized carbons (Fsp3) is 0.733. The molecule has 2 fully saturated rings. The van der Waals surface area contributed by atoms with Crippen LogP contribution in [-0.4, -0.2) is 57.5 Å². The van der Waals surface area contributed by atoms with Crippen LogP contribution >= 0.6 is 0 Å². The average Bonchev–Trinajstić information content (AvgIpc) is 2.97. The van der Waals surface area contributed by atoms with Gasteiger partial charge in [-0.05, 0) is 19.8 Å². The molecule has 1 aliphatic heterocycles. The minimum Gasteiger partial charge on any atom is -0.348 e. The summed E-state index contributed by atoms with van der Waals surface area (Å²) in [6.07, 6.45) is 7.38. The van der Waals surface area contributed by atoms with Crippen LogP contribution in [0.3, 0.4) is 0 Å². The molecule has 1 saturated carbocycles. The fourth-order valence-electron chi connectivity index (χ4n) is 3.12. The van der Waals surface area contributed by atoms with Crippen molar-refractivity contribution >= 4 is 11.9 Å². The second-order valence-electron chi connectivity index (χ2n) is 6.29. The van der Waals surface area contributed by atoms with Crippen molar-refractivity contribution in [3.05, 3.63) is 11.9 Å². The van der Waals surface area contributed by atoms with Crippen molar-refractivity contribution in [1.29, 1.82) is 0 Å². The van der Waals surface area contributed by atoms with Crippen molar-refractivity contribution in [1.82, 2.24) is 30.5 Å². The van der Waals surface area contributed by atoms with Crippen LogP contribution in [0.25, 0.3) is 0 Å². The molecule has 2 aliphatic rings. The molecule has 3 rings (SSSR count). The van der Waals surface area contributed by atoms with E-state index in [9.17, 15) is 9.59 Å². The molecule has 126 valence electrons. The number of carbonyl (C=O) groups excluding carboxylic acids is 2. The lowest BCUT2D eigenvalue weighted by molar-refractivity contribution is 0.0922. The molecule has 1 aromatic rings. The summed E-state index contributed by atoms with van der Waals surface area (Å²) in [6.45, 7) is 3.70. The third-order valence-corrected chi connectivity index (χ3v) is 4.53. The van der Waals surface area contributed by atoms with Gasteiger partial charge in [0, 0.05) is 25.7 Å². The van der Waals surface area contributed by atoms with E-state index in [1.54, 1.807) is 15.8 Å². The monoisotopic (exact) mass is 320 g/mol. The number of nitrogens with zero attached hydrogens (tertiary/aromatic N) is 4. The van der Waals surface area contributed by atoms with E-state index in [0.717, 1.165) is 12.8 Å². The van der Waals surface area contributed by atoms with Crippen molar-refractivity contribution in [3.63, 3.8) is 0 Å². The largest absolute Gasteiger partial charge is 0.348 e. The van der Waals surface area contributed by atoms with Crippen LogP contribution in [0, 0.1) is 0 Å². The molecule has 1 aromatic heterocycles. The first-order chi connectivity index (χ1) is 11.2. The summed E-state index contributed by atoms with van der Waals surface area (Å²) in [4.78, 5) is 25.6. The Kier molecular flexibility index (Phi) is 4.78. The molecule has 0 atom stereocenters. The number of nitrogens with one attached hydrogen (secondary N) is 2. The molecule has 8 heteroatoms. The number of hydrogen-bond acceptors (Lipinski definition) is 4. The molecule has 1 saturated heterocycles. The van der Waals surface area contributed by atoms with E-state index in [4.69, 9.17) is 0 Å². The van der Waals surface area contributed by atoms with Gasteiger partial charge in [-0.3, -0.25) is 4.79 Å². The maximum Gasteiger partial charge on any atom is 0.317 e. The molecule has 0 radical (unpaired) electrons. The number of aromatic nitrogens is 3. The highest BCUT2D eigenvalue weighted by molar-refractivity contribution is 5.92. The van der Waals surface area contributed by atoms with Gasteiger partial charge in [-0.2, -0.15) is 0 Å². The van der Waals surface area contributed by atoms with Crippen molar-refractivity contribution in [3.8, 4) is 0 Å². The first-order valence-corrected chi connectivity index (χ1v) is 8.43. The Balaban J connectivity index is 1.50. The topological polar surface area (TPSA) is 92.2 Å². The zero-order valence-corrected chi connectivity index (χ0v) is 13.5. The number of carbonyl (C=O) groups is 2. The van der Waals surface area contributed by atoms with Gasteiger partial charge in [-0.25, -0.2) is 9.48 Å². The first-order valence-electron chi connectivity index (χ1n) is 8.43. The summed E-state index contributed by atoms with van der Waals surface area (Å²) in [5, 5.41) is 13.8. The molecular weight excluding hydrogens is 296 g/mol. The summed E-state index contributed by atoms with van der Waals surface area (Å²) < 4.78 is 1.69. The predicted molar refractivity (Wildman–Crippen MR) is 84.0 cm³/mol. The Morgan fingerprint density at radius 1 is 1.26 bits per heavy atom. The Labute approximate surface area is 135 Å². The zero-order chi connectivity index (χ0) is 16.2. The zero-order valence-electron chi connectivity index (χ0n) is 13.5. The molecule has 23 heavy (non-hydrogen) atoms. The molecule has 0 unspecified atom stereocenters. The molecule has 1 aliphatic carbocycles. The van der Waals surface area contributed by atoms with Crippen molar-refractivity contribution < 1.29 is 9.59 Å². The Hall–Kier alpha value is -2.12. The lowest BCUT2D eigenvalue weighted by atomic mass is 9.95. The van der Waals surface area contributed by atoms with E-state index in [0.29, 0.717) is 25.3 Å². The summed E-state index contributed by atoms with van der Waals surface area (Å²) >= 11 is 0. The molecule has 8 nitrogen and oxygen atoms in total. The minimum absolute atomic E-state index is 0.0564. The highest BCUT2D eigenvalue weighted by Gasteiger charge is 2.33. The normalized spacial score (nSPS) is 19.3. The molecule has 2 heterocycles. The lowest BCUT2D eigenvalue weighted by Gasteiger charge is -2.38. The summed E-state index contributed by atoms with van der Waals surface area (Å²) in [7, 11) is 0. The predicted octanol–water partition coefficient (Wildman–Crippen LogP) is 0.927. The fourth-order valence-corrected chi connectivity index (χ4v) is 3.12. The smallest absolute Gasteiger partial charge is 0.317 e. The third-order valence-electron chi connectivity index (χ3n) is 4.53. The highest BCUT2D eigenvalue weighted by atomic mass is 16.2. The van der Waals surface area contributed by atoms with E-state index in [1.165, 1.54) is 19.3 Å². The summed E-state index contributed by atoms with van der Waals surface area (Å²) in [6, 6.07) is 0.304. The van der Waals surface area contributed by atoms with Gasteiger partial charge in [0.2, 0.25) is 0 Å². The van der Waals surface area contributed by atoms with Crippen LogP contribution in [0.15, 0.2) is 6.20 Å². The van der Waals surface area contributed by atoms with Crippen LogP contribution in [0.4, 0.5) is 4.79 Å². The SMILES string of the molecule is CCNC(=O)N1CC(n2cc(C(=O)NC3CCCCC3)nn2)C1. The Morgan fingerprint density at radius 3 is 2.70 bits per heavy atom. The Morgan fingerprint density at radius 2 is 2.00 bits per heavy atom. The van der Waals surface area contributed by atoms with Gasteiger partial charge in [0.15, 0.2) is 5.69 Å². The molecule has 0 spiro atoms. The molecular formula is C15H24N6O2. The van der Waals surface area contributed by atoms with Crippen molar-refractivity contribution in [2.45, 2.75) is 51.1 Å². The molecule has 3 amide bonds. The highest BCUT2D eigenvalue weighted by Crippen LogP contribution is 2.21. The summed E-state index contributed by atoms with van der Waals surface area (Å²) in [5.74, 6) is -0.150. The van der Waals surface area contributed by atoms with E-state index < -0.39 is 0 Å². The van der Waals surface area contributed by atoms with Gasteiger partial charge in [0.05, 0.1) is 12.2 Å².